The van der Waals surface area contributed by atoms with E-state index in [2.05, 4.69) is 0 Å². The van der Waals surface area contributed by atoms with Gasteiger partial charge in [0.2, 0.25) is 0 Å². The molecule has 202 valence electrons. The predicted molar refractivity (Wildman–Crippen MR) is 113 cm³/mol. The quantitative estimate of drug-likeness (QED) is 0.293. The molecule has 1 aliphatic rings. The number of ether oxygens (including phenoxy) is 1. The second kappa shape index (κ2) is 9.90. The van der Waals surface area contributed by atoms with E-state index in [1.807, 2.05) is 0 Å². The van der Waals surface area contributed by atoms with Crippen LogP contribution < -0.4 is 4.90 Å². The van der Waals surface area contributed by atoms with Crippen molar-refractivity contribution in [1.82, 2.24) is 0 Å². The molecule has 1 heterocycles. The van der Waals surface area contributed by atoms with Crippen molar-refractivity contribution in [2.45, 2.75) is 57.2 Å². The van der Waals surface area contributed by atoms with Crippen LogP contribution in [-0.2, 0) is 23.3 Å². The van der Waals surface area contributed by atoms with E-state index in [1.165, 1.54) is 6.92 Å². The molecule has 0 bridgehead atoms. The first-order valence-corrected chi connectivity index (χ1v) is 11.0. The maximum atomic E-state index is 13.5. The van der Waals surface area contributed by atoms with Crippen LogP contribution in [-0.4, -0.2) is 24.5 Å². The standard InChI is InChI=1S/C24H20F9NO3/c1-3-16-11-18(20(35)12-7-14(23(28,29)30)9-15(8-12)24(31,32)33)17-10-13(22(25,26)27)5-6-19(17)34(16)21(36)37-4-2/h5-10,16,18H,3-4,11H2,1-2H3/t16-,18+/m1/s1. The molecule has 2 aromatic rings. The van der Waals surface area contributed by atoms with Crippen molar-refractivity contribution in [2.75, 3.05) is 11.5 Å². The number of alkyl halides is 9. The topological polar surface area (TPSA) is 46.6 Å². The number of carbonyl (C=O) groups excluding carboxylic acids is 2. The second-order valence-corrected chi connectivity index (χ2v) is 8.35. The third-order valence-electron chi connectivity index (χ3n) is 5.99. The molecule has 37 heavy (non-hydrogen) atoms. The molecule has 2 atom stereocenters. The smallest absolute Gasteiger partial charge is 0.416 e. The van der Waals surface area contributed by atoms with E-state index in [1.54, 1.807) is 6.92 Å². The third-order valence-corrected chi connectivity index (χ3v) is 5.99. The fourth-order valence-corrected chi connectivity index (χ4v) is 4.27. The molecule has 1 aliphatic heterocycles. The van der Waals surface area contributed by atoms with Gasteiger partial charge in [-0.25, -0.2) is 4.79 Å². The molecular weight excluding hydrogens is 521 g/mol. The highest BCUT2D eigenvalue weighted by Crippen LogP contribution is 2.45. The van der Waals surface area contributed by atoms with E-state index < -0.39 is 64.6 Å². The molecule has 0 fully saturated rings. The van der Waals surface area contributed by atoms with Crippen LogP contribution in [0.3, 0.4) is 0 Å². The van der Waals surface area contributed by atoms with Crippen LogP contribution in [0.2, 0.25) is 0 Å². The summed E-state index contributed by atoms with van der Waals surface area (Å²) in [6, 6.07) is 1.68. The number of benzene rings is 2. The Bertz CT molecular complexity index is 1150. The summed E-state index contributed by atoms with van der Waals surface area (Å²) < 4.78 is 125. The predicted octanol–water partition coefficient (Wildman–Crippen LogP) is 7.85. The number of rotatable bonds is 4. The largest absolute Gasteiger partial charge is 0.449 e. The lowest BCUT2D eigenvalue weighted by Gasteiger charge is -2.39. The van der Waals surface area contributed by atoms with E-state index in [4.69, 9.17) is 4.74 Å². The first-order chi connectivity index (χ1) is 17.0. The Morgan fingerprint density at radius 3 is 1.84 bits per heavy atom. The number of hydrogen-bond donors (Lipinski definition) is 0. The molecule has 0 saturated heterocycles. The van der Waals surface area contributed by atoms with Crippen LogP contribution in [0.1, 0.15) is 65.2 Å². The van der Waals surface area contributed by atoms with Gasteiger partial charge in [0.15, 0.2) is 5.78 Å². The summed E-state index contributed by atoms with van der Waals surface area (Å²) in [5, 5.41) is 0. The van der Waals surface area contributed by atoms with Crippen LogP contribution in [0.25, 0.3) is 0 Å². The molecule has 0 N–H and O–H groups in total. The maximum absolute atomic E-state index is 13.5. The monoisotopic (exact) mass is 541 g/mol. The van der Waals surface area contributed by atoms with Crippen molar-refractivity contribution < 1.29 is 53.8 Å². The van der Waals surface area contributed by atoms with E-state index in [0.29, 0.717) is 12.1 Å². The minimum Gasteiger partial charge on any atom is -0.449 e. The Morgan fingerprint density at radius 2 is 1.38 bits per heavy atom. The van der Waals surface area contributed by atoms with E-state index in [0.717, 1.165) is 11.0 Å². The van der Waals surface area contributed by atoms with Gasteiger partial charge in [-0.1, -0.05) is 6.92 Å². The average Bonchev–Trinajstić information content (AvgIpc) is 2.80. The summed E-state index contributed by atoms with van der Waals surface area (Å²) in [5.41, 5.74) is -6.14. The average molecular weight is 541 g/mol. The second-order valence-electron chi connectivity index (χ2n) is 8.35. The number of anilines is 1. The number of amides is 1. The highest BCUT2D eigenvalue weighted by Gasteiger charge is 2.43. The zero-order valence-electron chi connectivity index (χ0n) is 19.3. The number of fused-ring (bicyclic) bond motifs is 1. The van der Waals surface area contributed by atoms with E-state index in [-0.39, 0.29) is 48.9 Å². The van der Waals surface area contributed by atoms with Gasteiger partial charge in [0, 0.05) is 11.6 Å². The van der Waals surface area contributed by atoms with Gasteiger partial charge in [0.05, 0.1) is 34.9 Å². The Hall–Kier alpha value is -3.25. The highest BCUT2D eigenvalue weighted by molar-refractivity contribution is 6.04. The van der Waals surface area contributed by atoms with E-state index in [9.17, 15) is 49.1 Å². The van der Waals surface area contributed by atoms with Gasteiger partial charge in [-0.2, -0.15) is 39.5 Å². The van der Waals surface area contributed by atoms with Gasteiger partial charge in [-0.3, -0.25) is 9.69 Å². The van der Waals surface area contributed by atoms with Crippen molar-refractivity contribution in [1.29, 1.82) is 0 Å². The minimum absolute atomic E-state index is 0.0749. The Morgan fingerprint density at radius 1 is 0.838 bits per heavy atom. The number of hydrogen-bond acceptors (Lipinski definition) is 3. The molecule has 0 aromatic heterocycles. The minimum atomic E-state index is -5.23. The molecule has 0 saturated carbocycles. The van der Waals surface area contributed by atoms with E-state index >= 15 is 0 Å². The molecule has 0 unspecified atom stereocenters. The fourth-order valence-electron chi connectivity index (χ4n) is 4.27. The molecule has 3 rings (SSSR count). The van der Waals surface area contributed by atoms with Crippen molar-refractivity contribution >= 4 is 17.6 Å². The van der Waals surface area contributed by atoms with Crippen LogP contribution in [0.4, 0.5) is 50.0 Å². The number of Topliss-reactive ketones (excluding diaryl/α,β-unsaturated/α-hetero) is 1. The third kappa shape index (κ3) is 5.85. The molecule has 4 nitrogen and oxygen atoms in total. The van der Waals surface area contributed by atoms with Crippen molar-refractivity contribution in [2.24, 2.45) is 0 Å². The van der Waals surface area contributed by atoms with Crippen LogP contribution >= 0.6 is 0 Å². The Labute approximate surface area is 205 Å². The lowest BCUT2D eigenvalue weighted by Crippen LogP contribution is -2.46. The lowest BCUT2D eigenvalue weighted by atomic mass is 9.79. The summed E-state index contributed by atoms with van der Waals surface area (Å²) in [6.45, 7) is 3.02. The summed E-state index contributed by atoms with van der Waals surface area (Å²) in [4.78, 5) is 27.1. The highest BCUT2D eigenvalue weighted by atomic mass is 19.4. The van der Waals surface area contributed by atoms with Gasteiger partial charge in [-0.15, -0.1) is 0 Å². The Kier molecular flexibility index (Phi) is 7.58. The number of nitrogens with zero attached hydrogens (tertiary/aromatic N) is 1. The summed E-state index contributed by atoms with van der Waals surface area (Å²) in [5.74, 6) is -2.79. The first-order valence-electron chi connectivity index (χ1n) is 11.0. The number of ketones is 1. The zero-order valence-corrected chi connectivity index (χ0v) is 19.3. The molecule has 2 aromatic carbocycles. The first kappa shape index (κ1) is 28.3. The zero-order chi connectivity index (χ0) is 27.9. The summed E-state index contributed by atoms with van der Waals surface area (Å²) in [6.07, 6.45) is -16.4. The van der Waals surface area contributed by atoms with Gasteiger partial charge in [-0.05, 0) is 61.7 Å². The molecule has 0 radical (unpaired) electrons. The van der Waals surface area contributed by atoms with Gasteiger partial charge in [0.1, 0.15) is 0 Å². The molecule has 0 spiro atoms. The SMILES string of the molecule is CCOC(=O)N1c2ccc(C(F)(F)F)cc2[C@@H](C(=O)c2cc(C(F)(F)F)cc(C(F)(F)F)c2)C[C@H]1CC. The molecule has 13 heteroatoms. The maximum Gasteiger partial charge on any atom is 0.416 e. The number of carbonyl (C=O) groups is 2. The van der Waals surface area contributed by atoms with Gasteiger partial charge >= 0.3 is 24.6 Å². The van der Waals surface area contributed by atoms with Crippen LogP contribution in [0.15, 0.2) is 36.4 Å². The van der Waals surface area contributed by atoms with Crippen LogP contribution in [0, 0.1) is 0 Å². The van der Waals surface area contributed by atoms with Gasteiger partial charge in [0.25, 0.3) is 0 Å². The number of halogens is 9. The molecule has 1 amide bonds. The Balaban J connectivity index is 2.23. The summed E-state index contributed by atoms with van der Waals surface area (Å²) >= 11 is 0. The molecular formula is C24H20F9NO3. The van der Waals surface area contributed by atoms with Crippen LogP contribution in [0.5, 0.6) is 0 Å². The van der Waals surface area contributed by atoms with Crippen molar-refractivity contribution in [3.63, 3.8) is 0 Å². The fraction of sp³-hybridized carbons (Fsp3) is 0.417. The van der Waals surface area contributed by atoms with Crippen molar-refractivity contribution in [3.8, 4) is 0 Å². The van der Waals surface area contributed by atoms with Crippen molar-refractivity contribution in [3.05, 3.63) is 64.2 Å². The normalized spacial score (nSPS) is 18.4. The summed E-state index contributed by atoms with van der Waals surface area (Å²) in [7, 11) is 0. The lowest BCUT2D eigenvalue weighted by molar-refractivity contribution is -0.143. The molecule has 0 aliphatic carbocycles. The van der Waals surface area contributed by atoms with Gasteiger partial charge < -0.3 is 4.74 Å².